The van der Waals surface area contributed by atoms with Gasteiger partial charge >= 0.3 is 0 Å². The second-order valence-corrected chi connectivity index (χ2v) is 15.1. The average molecular weight is 751 g/mol. The lowest BCUT2D eigenvalue weighted by Gasteiger charge is -2.17. The summed E-state index contributed by atoms with van der Waals surface area (Å²) in [7, 11) is 0. The van der Waals surface area contributed by atoms with Gasteiger partial charge in [0.1, 0.15) is 0 Å². The molecular formula is C55H34N4. The van der Waals surface area contributed by atoms with Crippen LogP contribution in [0.25, 0.3) is 116 Å². The standard InChI is InChI=1S/C55H34N4/c1-4-17-35(18-5-1)52-46-33-34-49-51(44-26-13-15-30-48(44)59(49)37-21-8-3-9-22-37)50(46)45-28-16-27-41(54(45)57-52)40-31-32-42(39-24-11-10-23-38(39)40)53-43-25-12-14-29-47(43)56-55(58-53)36-19-6-2-7-20-36/h1-34H. The molecule has 4 heteroatoms. The number of pyridine rings is 1. The van der Waals surface area contributed by atoms with Crippen molar-refractivity contribution in [3.8, 4) is 50.7 Å². The van der Waals surface area contributed by atoms with Gasteiger partial charge in [0, 0.05) is 60.3 Å². The van der Waals surface area contributed by atoms with Crippen LogP contribution < -0.4 is 0 Å². The topological polar surface area (TPSA) is 43.6 Å². The summed E-state index contributed by atoms with van der Waals surface area (Å²) in [6.07, 6.45) is 0. The number of aromatic nitrogens is 4. The maximum absolute atomic E-state index is 5.65. The van der Waals surface area contributed by atoms with E-state index in [0.717, 1.165) is 82.9 Å². The maximum Gasteiger partial charge on any atom is 0.160 e. The van der Waals surface area contributed by atoms with E-state index in [2.05, 4.69) is 187 Å². The van der Waals surface area contributed by atoms with Gasteiger partial charge in [-0.25, -0.2) is 15.0 Å². The minimum absolute atomic E-state index is 0.714. The summed E-state index contributed by atoms with van der Waals surface area (Å²) < 4.78 is 2.40. The zero-order chi connectivity index (χ0) is 38.9. The second-order valence-electron chi connectivity index (χ2n) is 15.1. The lowest BCUT2D eigenvalue weighted by atomic mass is 9.90. The number of nitrogens with zero attached hydrogens (tertiary/aromatic N) is 4. The SMILES string of the molecule is c1ccc(-c2nc(-c3ccc(-c4cccc5c4nc(-c4ccccc4)c4ccc6c(c7ccccc7n6-c6ccccc6)c45)c4ccccc34)c3ccccc3n2)cc1. The molecule has 12 aromatic rings. The van der Waals surface area contributed by atoms with Crippen LogP contribution in [0.4, 0.5) is 0 Å². The van der Waals surface area contributed by atoms with Gasteiger partial charge in [-0.3, -0.25) is 0 Å². The van der Waals surface area contributed by atoms with Crippen molar-refractivity contribution in [2.75, 3.05) is 0 Å². The molecule has 0 spiro atoms. The highest BCUT2D eigenvalue weighted by Gasteiger charge is 2.22. The Morgan fingerprint density at radius 2 is 0.915 bits per heavy atom. The Kier molecular flexibility index (Phi) is 7.50. The molecule has 3 heterocycles. The van der Waals surface area contributed by atoms with Gasteiger partial charge in [-0.1, -0.05) is 176 Å². The minimum Gasteiger partial charge on any atom is -0.309 e. The Balaban J connectivity index is 1.17. The lowest BCUT2D eigenvalue weighted by Crippen LogP contribution is -1.97. The van der Waals surface area contributed by atoms with Crippen molar-refractivity contribution in [2.24, 2.45) is 0 Å². The molecule has 0 fully saturated rings. The fourth-order valence-electron chi connectivity index (χ4n) is 9.20. The highest BCUT2D eigenvalue weighted by molar-refractivity contribution is 6.30. The summed E-state index contributed by atoms with van der Waals surface area (Å²) in [6, 6.07) is 73.1. The van der Waals surface area contributed by atoms with E-state index in [4.69, 9.17) is 15.0 Å². The van der Waals surface area contributed by atoms with Crippen molar-refractivity contribution in [1.29, 1.82) is 0 Å². The number of para-hydroxylation sites is 4. The predicted molar refractivity (Wildman–Crippen MR) is 246 cm³/mol. The Morgan fingerprint density at radius 3 is 1.69 bits per heavy atom. The van der Waals surface area contributed by atoms with Crippen molar-refractivity contribution in [1.82, 2.24) is 19.5 Å². The molecule has 0 aliphatic rings. The van der Waals surface area contributed by atoms with Gasteiger partial charge in [-0.15, -0.1) is 0 Å². The first-order valence-corrected chi connectivity index (χ1v) is 20.0. The number of hydrogen-bond acceptors (Lipinski definition) is 3. The Bertz CT molecular complexity index is 3590. The molecule has 0 amide bonds. The predicted octanol–water partition coefficient (Wildman–Crippen LogP) is 14.2. The van der Waals surface area contributed by atoms with E-state index in [-0.39, 0.29) is 0 Å². The molecule has 4 nitrogen and oxygen atoms in total. The van der Waals surface area contributed by atoms with Crippen molar-refractivity contribution >= 4 is 65.2 Å². The quantitative estimate of drug-likeness (QED) is 0.165. The fourth-order valence-corrected chi connectivity index (χ4v) is 9.20. The normalized spacial score (nSPS) is 11.7. The highest BCUT2D eigenvalue weighted by atomic mass is 15.0. The Labute approximate surface area is 340 Å². The van der Waals surface area contributed by atoms with Gasteiger partial charge in [0.25, 0.3) is 0 Å². The molecule has 9 aromatic carbocycles. The molecule has 274 valence electrons. The molecule has 3 aromatic heterocycles. The van der Waals surface area contributed by atoms with Crippen LogP contribution in [0, 0.1) is 0 Å². The summed E-state index contributed by atoms with van der Waals surface area (Å²) in [6.45, 7) is 0. The summed E-state index contributed by atoms with van der Waals surface area (Å²) >= 11 is 0. The van der Waals surface area contributed by atoms with Gasteiger partial charge in [-0.05, 0) is 46.7 Å². The number of fused-ring (bicyclic) bond motifs is 9. The van der Waals surface area contributed by atoms with Crippen LogP contribution >= 0.6 is 0 Å². The largest absolute Gasteiger partial charge is 0.309 e. The molecule has 59 heavy (non-hydrogen) atoms. The van der Waals surface area contributed by atoms with Gasteiger partial charge in [0.05, 0.1) is 33.5 Å². The third-order valence-electron chi connectivity index (χ3n) is 11.8. The molecule has 0 saturated heterocycles. The third kappa shape index (κ3) is 5.20. The lowest BCUT2D eigenvalue weighted by molar-refractivity contribution is 1.18. The summed E-state index contributed by atoms with van der Waals surface area (Å²) in [4.78, 5) is 15.9. The summed E-state index contributed by atoms with van der Waals surface area (Å²) in [5.74, 6) is 0.714. The first-order valence-electron chi connectivity index (χ1n) is 20.0. The van der Waals surface area contributed by atoms with Crippen molar-refractivity contribution in [3.63, 3.8) is 0 Å². The average Bonchev–Trinajstić information content (AvgIpc) is 3.66. The monoisotopic (exact) mass is 750 g/mol. The van der Waals surface area contributed by atoms with Crippen LogP contribution in [0.5, 0.6) is 0 Å². The van der Waals surface area contributed by atoms with Crippen LogP contribution in [0.1, 0.15) is 0 Å². The van der Waals surface area contributed by atoms with E-state index in [1.54, 1.807) is 0 Å². The van der Waals surface area contributed by atoms with E-state index >= 15 is 0 Å². The van der Waals surface area contributed by atoms with E-state index < -0.39 is 0 Å². The smallest absolute Gasteiger partial charge is 0.160 e. The van der Waals surface area contributed by atoms with Crippen molar-refractivity contribution < 1.29 is 0 Å². The Hall–Kier alpha value is -7.95. The molecule has 0 radical (unpaired) electrons. The molecule has 0 N–H and O–H groups in total. The van der Waals surface area contributed by atoms with E-state index in [1.807, 2.05) is 24.3 Å². The molecule has 0 atom stereocenters. The highest BCUT2D eigenvalue weighted by Crippen LogP contribution is 2.45. The molecule has 0 saturated carbocycles. The molecule has 0 bridgehead atoms. The van der Waals surface area contributed by atoms with E-state index in [1.165, 1.54) is 27.2 Å². The zero-order valence-electron chi connectivity index (χ0n) is 31.9. The second kappa shape index (κ2) is 13.3. The summed E-state index contributed by atoms with van der Waals surface area (Å²) in [5, 5.41) is 9.21. The van der Waals surface area contributed by atoms with Crippen LogP contribution in [0.3, 0.4) is 0 Å². The molecule has 0 unspecified atom stereocenters. The van der Waals surface area contributed by atoms with Crippen molar-refractivity contribution in [3.05, 3.63) is 206 Å². The van der Waals surface area contributed by atoms with Gasteiger partial charge in [0.2, 0.25) is 0 Å². The number of hydrogen-bond donors (Lipinski definition) is 0. The van der Waals surface area contributed by atoms with Crippen LogP contribution in [0.2, 0.25) is 0 Å². The first-order chi connectivity index (χ1) is 29.3. The van der Waals surface area contributed by atoms with Gasteiger partial charge in [0.15, 0.2) is 5.82 Å². The van der Waals surface area contributed by atoms with Crippen LogP contribution in [0.15, 0.2) is 206 Å². The minimum atomic E-state index is 0.714. The van der Waals surface area contributed by atoms with Gasteiger partial charge in [-0.2, -0.15) is 0 Å². The first kappa shape index (κ1) is 33.2. The molecule has 12 rings (SSSR count). The Morgan fingerprint density at radius 1 is 0.305 bits per heavy atom. The van der Waals surface area contributed by atoms with E-state index in [0.29, 0.717) is 5.82 Å². The molecule has 0 aliphatic heterocycles. The summed E-state index contributed by atoms with van der Waals surface area (Å²) in [5.41, 5.74) is 12.6. The number of benzene rings is 9. The fraction of sp³-hybridized carbons (Fsp3) is 0. The third-order valence-corrected chi connectivity index (χ3v) is 11.8. The van der Waals surface area contributed by atoms with Gasteiger partial charge < -0.3 is 4.57 Å². The maximum atomic E-state index is 5.65. The van der Waals surface area contributed by atoms with Crippen LogP contribution in [-0.2, 0) is 0 Å². The van der Waals surface area contributed by atoms with Crippen molar-refractivity contribution in [2.45, 2.75) is 0 Å². The molecule has 0 aliphatic carbocycles. The number of rotatable bonds is 5. The van der Waals surface area contributed by atoms with E-state index in [9.17, 15) is 0 Å². The molecular weight excluding hydrogens is 717 g/mol. The van der Waals surface area contributed by atoms with Crippen LogP contribution in [-0.4, -0.2) is 19.5 Å². The zero-order valence-corrected chi connectivity index (χ0v) is 31.9.